The Kier molecular flexibility index (Phi) is 6.13. The van der Waals surface area contributed by atoms with Gasteiger partial charge in [-0.05, 0) is 79.8 Å². The second-order valence-electron chi connectivity index (χ2n) is 9.68. The van der Waals surface area contributed by atoms with Crippen molar-refractivity contribution in [2.75, 3.05) is 10.8 Å². The van der Waals surface area contributed by atoms with Gasteiger partial charge in [0.1, 0.15) is 11.6 Å². The molecule has 0 aromatic heterocycles. The zero-order chi connectivity index (χ0) is 24.8. The molecule has 1 spiro atoms. The Morgan fingerprint density at radius 2 is 1.83 bits per heavy atom. The van der Waals surface area contributed by atoms with Crippen LogP contribution in [0.25, 0.3) is 11.1 Å². The summed E-state index contributed by atoms with van der Waals surface area (Å²) in [7, 11) is -3.17. The van der Waals surface area contributed by atoms with Gasteiger partial charge in [-0.25, -0.2) is 4.39 Å². The van der Waals surface area contributed by atoms with Gasteiger partial charge >= 0.3 is 0 Å². The van der Waals surface area contributed by atoms with Gasteiger partial charge in [0.25, 0.3) is 0 Å². The molecule has 5 nitrogen and oxygen atoms in total. The lowest BCUT2D eigenvalue weighted by molar-refractivity contribution is 0.119. The highest BCUT2D eigenvalue weighted by Crippen LogP contribution is 2.60. The van der Waals surface area contributed by atoms with Gasteiger partial charge < -0.3 is 5.11 Å². The molecule has 2 atom stereocenters. The molecule has 3 N–H and O–H groups in total. The number of aryl methyl sites for hydroxylation is 1. The predicted molar refractivity (Wildman–Crippen MR) is 141 cm³/mol. The highest BCUT2D eigenvalue weighted by molar-refractivity contribution is 8.28. The van der Waals surface area contributed by atoms with Crippen molar-refractivity contribution in [3.05, 3.63) is 95.2 Å². The lowest BCUT2D eigenvalue weighted by atomic mass is 9.83. The molecule has 1 saturated heterocycles. The van der Waals surface area contributed by atoms with Gasteiger partial charge in [0.2, 0.25) is 0 Å². The third-order valence-electron chi connectivity index (χ3n) is 7.26. The minimum absolute atomic E-state index is 0.147. The minimum Gasteiger partial charge on any atom is -0.507 e. The average Bonchev–Trinajstić information content (AvgIpc) is 3.07. The average molecular weight is 495 g/mol. The van der Waals surface area contributed by atoms with E-state index < -0.39 is 22.1 Å². The van der Waals surface area contributed by atoms with Crippen LogP contribution >= 0.6 is 10.8 Å². The molecular formula is C28H31FN2O3S. The number of piperidine rings is 1. The monoisotopic (exact) mass is 494 g/mol. The molecule has 0 amide bonds. The Morgan fingerprint density at radius 3 is 2.57 bits per heavy atom. The Balaban J connectivity index is 1.38. The number of aromatic hydroxyl groups is 1. The van der Waals surface area contributed by atoms with Crippen LogP contribution < -0.4 is 4.31 Å². The zero-order valence-corrected chi connectivity index (χ0v) is 20.8. The van der Waals surface area contributed by atoms with Crippen molar-refractivity contribution in [2.45, 2.75) is 44.8 Å². The molecule has 3 aromatic rings. The van der Waals surface area contributed by atoms with Gasteiger partial charge in [-0.15, -0.1) is 0 Å². The van der Waals surface area contributed by atoms with E-state index in [0.717, 1.165) is 35.3 Å². The van der Waals surface area contributed by atoms with Crippen molar-refractivity contribution >= 4 is 16.5 Å². The largest absolute Gasteiger partial charge is 0.507 e. The van der Waals surface area contributed by atoms with Gasteiger partial charge in [0, 0.05) is 30.1 Å². The first-order valence-electron chi connectivity index (χ1n) is 11.8. The third kappa shape index (κ3) is 4.45. The number of likely N-dealkylation sites (tertiary alicyclic amines) is 1. The summed E-state index contributed by atoms with van der Waals surface area (Å²) >= 11 is 0. The van der Waals surface area contributed by atoms with Crippen LogP contribution in [-0.4, -0.2) is 37.2 Å². The second kappa shape index (κ2) is 8.99. The van der Waals surface area contributed by atoms with Crippen molar-refractivity contribution in [1.82, 2.24) is 4.90 Å². The van der Waals surface area contributed by atoms with E-state index >= 15 is 0 Å². The Hall–Kier alpha value is -2.84. The van der Waals surface area contributed by atoms with Crippen molar-refractivity contribution in [3.63, 3.8) is 0 Å². The molecule has 0 radical (unpaired) electrons. The van der Waals surface area contributed by atoms with Crippen LogP contribution in [0.15, 0.2) is 78.2 Å². The van der Waals surface area contributed by atoms with Crippen molar-refractivity contribution in [3.8, 4) is 16.9 Å². The molecule has 184 valence electrons. The maximum atomic E-state index is 14.0. The number of anilines is 1. The molecule has 7 heteroatoms. The SMILES string of the molecule is Cc1ccccc1-c1cc(CN2CC[C@]3(C=CS(O)(O)N3c3cccc(F)c3)C[C@@H]2C)ccc1O. The van der Waals surface area contributed by atoms with Crippen molar-refractivity contribution in [2.24, 2.45) is 0 Å². The number of halogens is 1. The first-order chi connectivity index (χ1) is 16.7. The molecule has 3 aromatic carbocycles. The molecule has 2 aliphatic rings. The predicted octanol–water partition coefficient (Wildman–Crippen LogP) is 6.93. The summed E-state index contributed by atoms with van der Waals surface area (Å²) in [5, 5.41) is 12.0. The fourth-order valence-electron chi connectivity index (χ4n) is 5.51. The first kappa shape index (κ1) is 23.9. The molecule has 0 saturated carbocycles. The van der Waals surface area contributed by atoms with Crippen LogP contribution in [0.1, 0.15) is 30.9 Å². The van der Waals surface area contributed by atoms with E-state index in [1.165, 1.54) is 17.5 Å². The van der Waals surface area contributed by atoms with E-state index in [4.69, 9.17) is 0 Å². The summed E-state index contributed by atoms with van der Waals surface area (Å²) < 4.78 is 37.2. The summed E-state index contributed by atoms with van der Waals surface area (Å²) in [5.41, 5.74) is 3.96. The number of phenolic OH excluding ortho intramolecular Hbond substituents is 1. The fraction of sp³-hybridized carbons (Fsp3) is 0.286. The van der Waals surface area contributed by atoms with E-state index in [1.807, 2.05) is 43.3 Å². The van der Waals surface area contributed by atoms with Crippen molar-refractivity contribution in [1.29, 1.82) is 0 Å². The van der Waals surface area contributed by atoms with Gasteiger partial charge in [-0.3, -0.25) is 18.3 Å². The maximum absolute atomic E-state index is 14.0. The molecule has 5 rings (SSSR count). The lowest BCUT2D eigenvalue weighted by Gasteiger charge is -2.52. The topological polar surface area (TPSA) is 67.2 Å². The van der Waals surface area contributed by atoms with Gasteiger partial charge in [0.05, 0.1) is 11.2 Å². The summed E-state index contributed by atoms with van der Waals surface area (Å²) in [6, 6.07) is 20.0. The molecule has 0 unspecified atom stereocenters. The highest BCUT2D eigenvalue weighted by atomic mass is 32.3. The fourth-order valence-corrected chi connectivity index (χ4v) is 7.25. The van der Waals surface area contributed by atoms with Gasteiger partial charge in [0.15, 0.2) is 0 Å². The van der Waals surface area contributed by atoms with E-state index in [2.05, 4.69) is 17.9 Å². The normalized spacial score (nSPS) is 24.7. The van der Waals surface area contributed by atoms with Crippen LogP contribution in [0.4, 0.5) is 10.1 Å². The van der Waals surface area contributed by atoms with Crippen LogP contribution in [0.2, 0.25) is 0 Å². The Labute approximate surface area is 207 Å². The number of hydrogen-bond acceptors (Lipinski definition) is 5. The smallest absolute Gasteiger partial charge is 0.125 e. The molecular weight excluding hydrogens is 463 g/mol. The number of hydrogen-bond donors (Lipinski definition) is 3. The summed E-state index contributed by atoms with van der Waals surface area (Å²) in [4.78, 5) is 2.38. The van der Waals surface area contributed by atoms with Crippen molar-refractivity contribution < 1.29 is 18.6 Å². The quantitative estimate of drug-likeness (QED) is 0.367. The third-order valence-corrected chi connectivity index (χ3v) is 8.88. The van der Waals surface area contributed by atoms with E-state index in [1.54, 1.807) is 22.5 Å². The number of nitrogens with zero attached hydrogens (tertiary/aromatic N) is 2. The second-order valence-corrected chi connectivity index (χ2v) is 11.4. The van der Waals surface area contributed by atoms with Gasteiger partial charge in [-0.2, -0.15) is 0 Å². The lowest BCUT2D eigenvalue weighted by Crippen LogP contribution is -2.55. The zero-order valence-electron chi connectivity index (χ0n) is 19.9. The molecule has 0 bridgehead atoms. The standard InChI is InChI=1S/C28H31FN2O3S/c1-20-6-3-4-9-25(20)26-16-22(10-11-27(26)32)19-30-14-12-28(18-21(30)2)13-15-35(33,34)31(28)24-8-5-7-23(29)17-24/h3-11,13,15-17,21,32-34H,12,14,18-19H2,1-2H3/t21-,28-/m0/s1. The van der Waals surface area contributed by atoms with E-state index in [0.29, 0.717) is 18.5 Å². The maximum Gasteiger partial charge on any atom is 0.125 e. The minimum atomic E-state index is -3.17. The van der Waals surface area contributed by atoms with Crippen LogP contribution in [0, 0.1) is 12.7 Å². The summed E-state index contributed by atoms with van der Waals surface area (Å²) in [5.74, 6) is -0.136. The van der Waals surface area contributed by atoms with Crippen LogP contribution in [0.5, 0.6) is 5.75 Å². The number of rotatable bonds is 4. The van der Waals surface area contributed by atoms with Crippen LogP contribution in [-0.2, 0) is 6.54 Å². The molecule has 1 fully saturated rings. The molecule has 0 aliphatic carbocycles. The first-order valence-corrected chi connectivity index (χ1v) is 13.4. The Bertz CT molecular complexity index is 1280. The van der Waals surface area contributed by atoms with Crippen LogP contribution in [0.3, 0.4) is 0 Å². The summed E-state index contributed by atoms with van der Waals surface area (Å²) in [6.07, 6.45) is 3.26. The van der Waals surface area contributed by atoms with Gasteiger partial charge in [-0.1, -0.05) is 47.2 Å². The van der Waals surface area contributed by atoms with E-state index in [-0.39, 0.29) is 11.8 Å². The molecule has 2 aliphatic heterocycles. The Morgan fingerprint density at radius 1 is 1.03 bits per heavy atom. The highest BCUT2D eigenvalue weighted by Gasteiger charge is 2.49. The van der Waals surface area contributed by atoms with E-state index in [9.17, 15) is 18.6 Å². The number of phenols is 1. The molecule has 35 heavy (non-hydrogen) atoms. The molecule has 2 heterocycles. The summed E-state index contributed by atoms with van der Waals surface area (Å²) in [6.45, 7) is 5.65. The number of benzene rings is 3.